The molecule has 2 atom stereocenters. The van der Waals surface area contributed by atoms with Crippen LogP contribution < -0.4 is 9.64 Å². The summed E-state index contributed by atoms with van der Waals surface area (Å²) in [5.74, 6) is 2.24. The molecule has 7 nitrogen and oxygen atoms in total. The smallest absolute Gasteiger partial charge is 0.266 e. The molecule has 1 aliphatic rings. The van der Waals surface area contributed by atoms with Gasteiger partial charge in [0.25, 0.3) is 5.89 Å². The number of aromatic nitrogens is 1. The molecular weight excluding hydrogens is 392 g/mol. The van der Waals surface area contributed by atoms with Gasteiger partial charge in [-0.3, -0.25) is 0 Å². The number of methoxy groups -OCH3 is 1. The van der Waals surface area contributed by atoms with Gasteiger partial charge in [0.1, 0.15) is 5.75 Å². The number of benzene rings is 1. The third kappa shape index (κ3) is 3.76. The van der Waals surface area contributed by atoms with Gasteiger partial charge in [0.2, 0.25) is 20.7 Å². The molecule has 0 radical (unpaired) electrons. The fourth-order valence-corrected chi connectivity index (χ4v) is 5.20. The number of rotatable bonds is 5. The summed E-state index contributed by atoms with van der Waals surface area (Å²) in [5.41, 5.74) is 0. The Balaban J connectivity index is 1.82. The number of ether oxygens (including phenoxy) is 1. The summed E-state index contributed by atoms with van der Waals surface area (Å²) in [6, 6.07) is 9.67. The van der Waals surface area contributed by atoms with Crippen LogP contribution in [-0.2, 0) is 9.84 Å². The molecule has 2 aromatic heterocycles. The largest absolute Gasteiger partial charge is 0.497 e. The van der Waals surface area contributed by atoms with Gasteiger partial charge >= 0.3 is 0 Å². The van der Waals surface area contributed by atoms with Crippen LogP contribution in [0.2, 0.25) is 0 Å². The van der Waals surface area contributed by atoms with Gasteiger partial charge in [-0.25, -0.2) is 8.42 Å². The molecular formula is C21H24N2O5S. The molecule has 2 unspecified atom stereocenters. The van der Waals surface area contributed by atoms with Crippen molar-refractivity contribution >= 4 is 15.7 Å². The summed E-state index contributed by atoms with van der Waals surface area (Å²) in [5, 5.41) is -0.0876. The van der Waals surface area contributed by atoms with Crippen LogP contribution in [0.3, 0.4) is 0 Å². The lowest BCUT2D eigenvalue weighted by atomic mass is 9.92. The quantitative estimate of drug-likeness (QED) is 0.614. The monoisotopic (exact) mass is 416 g/mol. The zero-order valence-corrected chi connectivity index (χ0v) is 17.5. The molecule has 0 bridgehead atoms. The van der Waals surface area contributed by atoms with Crippen molar-refractivity contribution in [2.75, 3.05) is 25.1 Å². The maximum Gasteiger partial charge on any atom is 0.266 e. The Bertz CT molecular complexity index is 1060. The molecule has 3 aromatic rings. The number of hydrogen-bond acceptors (Lipinski definition) is 7. The molecule has 1 fully saturated rings. The highest BCUT2D eigenvalue weighted by atomic mass is 32.2. The standard InChI is InChI=1S/C21H24N2O5S/c1-14-11-15(2)13-23(12-14)21-20(22-19(28-21)18-5-4-10-27-18)29(24,25)17-8-6-16(26-3)7-9-17/h4-10,14-15H,11-13H2,1-3H3. The highest BCUT2D eigenvalue weighted by molar-refractivity contribution is 7.91. The number of oxazole rings is 1. The van der Waals surface area contributed by atoms with Gasteiger partial charge in [-0.1, -0.05) is 13.8 Å². The molecule has 29 heavy (non-hydrogen) atoms. The van der Waals surface area contributed by atoms with Crippen LogP contribution >= 0.6 is 0 Å². The van der Waals surface area contributed by atoms with Gasteiger partial charge in [0, 0.05) is 13.1 Å². The first kappa shape index (κ1) is 19.6. The maximum atomic E-state index is 13.4. The van der Waals surface area contributed by atoms with Crippen molar-refractivity contribution in [2.45, 2.75) is 30.2 Å². The van der Waals surface area contributed by atoms with Crippen molar-refractivity contribution in [1.29, 1.82) is 0 Å². The van der Waals surface area contributed by atoms with Crippen molar-refractivity contribution in [3.8, 4) is 17.4 Å². The molecule has 3 heterocycles. The summed E-state index contributed by atoms with van der Waals surface area (Å²) in [7, 11) is -2.36. The van der Waals surface area contributed by atoms with Crippen LogP contribution in [0.5, 0.6) is 5.75 Å². The third-order valence-electron chi connectivity index (χ3n) is 5.09. The summed E-state index contributed by atoms with van der Waals surface area (Å²) in [6.45, 7) is 5.73. The number of nitrogens with zero attached hydrogens (tertiary/aromatic N) is 2. The van der Waals surface area contributed by atoms with E-state index >= 15 is 0 Å². The minimum atomic E-state index is -3.89. The van der Waals surface area contributed by atoms with E-state index in [0.29, 0.717) is 36.4 Å². The highest BCUT2D eigenvalue weighted by Gasteiger charge is 2.34. The van der Waals surface area contributed by atoms with Crippen molar-refractivity contribution in [3.05, 3.63) is 42.7 Å². The first-order chi connectivity index (χ1) is 13.9. The zero-order valence-electron chi connectivity index (χ0n) is 16.7. The second-order valence-electron chi connectivity index (χ2n) is 7.64. The van der Waals surface area contributed by atoms with E-state index in [2.05, 4.69) is 18.8 Å². The van der Waals surface area contributed by atoms with Crippen LogP contribution in [0, 0.1) is 11.8 Å². The fourth-order valence-electron chi connectivity index (χ4n) is 3.87. The lowest BCUT2D eigenvalue weighted by Gasteiger charge is -2.34. The number of piperidine rings is 1. The summed E-state index contributed by atoms with van der Waals surface area (Å²) >= 11 is 0. The van der Waals surface area contributed by atoms with Crippen LogP contribution in [0.15, 0.2) is 61.4 Å². The molecule has 154 valence electrons. The van der Waals surface area contributed by atoms with Crippen LogP contribution in [0.4, 0.5) is 5.88 Å². The van der Waals surface area contributed by atoms with Gasteiger partial charge in [0.15, 0.2) is 5.76 Å². The van der Waals surface area contributed by atoms with E-state index < -0.39 is 9.84 Å². The van der Waals surface area contributed by atoms with Crippen LogP contribution in [0.25, 0.3) is 11.7 Å². The molecule has 0 N–H and O–H groups in total. The molecule has 0 amide bonds. The second kappa shape index (κ2) is 7.59. The van der Waals surface area contributed by atoms with E-state index in [1.807, 2.05) is 4.90 Å². The van der Waals surface area contributed by atoms with Crippen molar-refractivity contribution in [2.24, 2.45) is 11.8 Å². The van der Waals surface area contributed by atoms with E-state index in [4.69, 9.17) is 13.6 Å². The fraction of sp³-hybridized carbons (Fsp3) is 0.381. The Kier molecular flexibility index (Phi) is 5.12. The minimum Gasteiger partial charge on any atom is -0.497 e. The van der Waals surface area contributed by atoms with E-state index in [1.54, 1.807) is 24.3 Å². The molecule has 0 saturated carbocycles. The van der Waals surface area contributed by atoms with E-state index in [9.17, 15) is 8.42 Å². The first-order valence-corrected chi connectivity index (χ1v) is 11.1. The lowest BCUT2D eigenvalue weighted by Crippen LogP contribution is -2.39. The van der Waals surface area contributed by atoms with Crippen molar-refractivity contribution in [3.63, 3.8) is 0 Å². The van der Waals surface area contributed by atoms with E-state index in [1.165, 1.54) is 25.5 Å². The zero-order chi connectivity index (χ0) is 20.6. The Labute approximate surface area is 170 Å². The minimum absolute atomic E-state index is 0.0876. The van der Waals surface area contributed by atoms with Crippen LogP contribution in [0.1, 0.15) is 20.3 Å². The molecule has 1 saturated heterocycles. The topological polar surface area (TPSA) is 85.8 Å². The first-order valence-electron chi connectivity index (χ1n) is 9.57. The lowest BCUT2D eigenvalue weighted by molar-refractivity contribution is 0.342. The predicted octanol–water partition coefficient (Wildman–Crippen LogP) is 4.26. The molecule has 0 spiro atoms. The van der Waals surface area contributed by atoms with Gasteiger partial charge in [0.05, 0.1) is 18.3 Å². The Morgan fingerprint density at radius 1 is 1.10 bits per heavy atom. The molecule has 4 rings (SSSR count). The van der Waals surface area contributed by atoms with E-state index in [0.717, 1.165) is 6.42 Å². The number of sulfone groups is 1. The molecule has 1 aliphatic heterocycles. The van der Waals surface area contributed by atoms with Gasteiger partial charge in [-0.15, -0.1) is 0 Å². The summed E-state index contributed by atoms with van der Waals surface area (Å²) in [4.78, 5) is 6.46. The van der Waals surface area contributed by atoms with E-state index in [-0.39, 0.29) is 21.7 Å². The van der Waals surface area contributed by atoms with Crippen LogP contribution in [-0.4, -0.2) is 33.6 Å². The predicted molar refractivity (Wildman–Crippen MR) is 108 cm³/mol. The number of hydrogen-bond donors (Lipinski definition) is 0. The summed E-state index contributed by atoms with van der Waals surface area (Å²) < 4.78 is 43.3. The molecule has 1 aromatic carbocycles. The Morgan fingerprint density at radius 2 is 1.79 bits per heavy atom. The average molecular weight is 416 g/mol. The number of anilines is 1. The normalized spacial score (nSPS) is 20.0. The Morgan fingerprint density at radius 3 is 2.38 bits per heavy atom. The van der Waals surface area contributed by atoms with Gasteiger partial charge in [-0.05, 0) is 54.7 Å². The van der Waals surface area contributed by atoms with Crippen molar-refractivity contribution in [1.82, 2.24) is 4.98 Å². The van der Waals surface area contributed by atoms with Gasteiger partial charge in [-0.2, -0.15) is 4.98 Å². The Hall–Kier alpha value is -2.74. The summed E-state index contributed by atoms with van der Waals surface area (Å²) in [6.07, 6.45) is 2.60. The van der Waals surface area contributed by atoms with Crippen molar-refractivity contribution < 1.29 is 22.0 Å². The molecule has 8 heteroatoms. The molecule has 0 aliphatic carbocycles. The highest BCUT2D eigenvalue weighted by Crippen LogP contribution is 2.37. The third-order valence-corrected chi connectivity index (χ3v) is 6.76. The second-order valence-corrected chi connectivity index (χ2v) is 9.50. The number of furan rings is 1. The van der Waals surface area contributed by atoms with Gasteiger partial charge < -0.3 is 18.5 Å². The SMILES string of the molecule is COc1ccc(S(=O)(=O)c2nc(-c3ccco3)oc2N2CC(C)CC(C)C2)cc1. The average Bonchev–Trinajstić information content (AvgIpc) is 3.37. The maximum absolute atomic E-state index is 13.4.